The summed E-state index contributed by atoms with van der Waals surface area (Å²) in [4.78, 5) is 30.8. The first-order valence-corrected chi connectivity index (χ1v) is 9.97. The third-order valence-electron chi connectivity index (χ3n) is 4.54. The second kappa shape index (κ2) is 7.64. The van der Waals surface area contributed by atoms with E-state index in [1.165, 1.54) is 27.8 Å². The number of aryl methyl sites for hydroxylation is 2. The molecule has 0 bridgehead atoms. The lowest BCUT2D eigenvalue weighted by atomic mass is 9.99. The van der Waals surface area contributed by atoms with Crippen molar-refractivity contribution in [2.75, 3.05) is 0 Å². The fourth-order valence-corrected chi connectivity index (χ4v) is 4.17. The first kappa shape index (κ1) is 19.3. The normalized spacial score (nSPS) is 12.5. The summed E-state index contributed by atoms with van der Waals surface area (Å²) in [6.07, 6.45) is 1.69. The van der Waals surface area contributed by atoms with Gasteiger partial charge < -0.3 is 4.74 Å². The van der Waals surface area contributed by atoms with E-state index in [4.69, 9.17) is 4.74 Å². The lowest BCUT2D eigenvalue weighted by molar-refractivity contribution is -0.151. The van der Waals surface area contributed by atoms with Gasteiger partial charge in [0.25, 0.3) is 5.56 Å². The molecular weight excluding hydrogens is 360 g/mol. The van der Waals surface area contributed by atoms with Gasteiger partial charge in [-0.1, -0.05) is 30.7 Å². The summed E-state index contributed by atoms with van der Waals surface area (Å²) in [7, 11) is 0. The van der Waals surface area contributed by atoms with Crippen molar-refractivity contribution in [3.05, 3.63) is 51.4 Å². The Labute approximate surface area is 162 Å². The highest BCUT2D eigenvalue weighted by Crippen LogP contribution is 2.33. The van der Waals surface area contributed by atoms with Crippen molar-refractivity contribution in [1.29, 1.82) is 0 Å². The van der Waals surface area contributed by atoms with E-state index in [2.05, 4.69) is 11.1 Å². The topological polar surface area (TPSA) is 61.2 Å². The minimum atomic E-state index is -0.677. The Bertz CT molecular complexity index is 1050. The zero-order chi connectivity index (χ0) is 19.7. The highest BCUT2D eigenvalue weighted by molar-refractivity contribution is 7.17. The Kier molecular flexibility index (Phi) is 5.46. The molecule has 6 heteroatoms. The maximum atomic E-state index is 13.3. The van der Waals surface area contributed by atoms with Crippen molar-refractivity contribution in [2.24, 2.45) is 0 Å². The molecule has 2 heterocycles. The van der Waals surface area contributed by atoms with Gasteiger partial charge in [-0.15, -0.1) is 11.3 Å². The molecule has 1 aromatic carbocycles. The van der Waals surface area contributed by atoms with Gasteiger partial charge in [-0.25, -0.2) is 9.78 Å². The zero-order valence-corrected chi connectivity index (χ0v) is 17.1. The Morgan fingerprint density at radius 2 is 2.00 bits per heavy atom. The SMILES string of the molecule is CCC(C(=O)OC(C)C)n1cnc2scc(-c3ccc(C)cc3C)c2c1=O. The molecule has 3 rings (SSSR count). The number of aromatic nitrogens is 2. The average molecular weight is 385 g/mol. The molecule has 1 unspecified atom stereocenters. The Morgan fingerprint density at radius 1 is 1.26 bits per heavy atom. The number of carbonyl (C=O) groups excluding carboxylic acids is 1. The molecule has 0 aliphatic carbocycles. The van der Waals surface area contributed by atoms with Gasteiger partial charge in [-0.3, -0.25) is 9.36 Å². The molecule has 1 atom stereocenters. The molecule has 5 nitrogen and oxygen atoms in total. The molecule has 0 aliphatic heterocycles. The van der Waals surface area contributed by atoms with Crippen LogP contribution in [0.3, 0.4) is 0 Å². The second-order valence-corrected chi connectivity index (χ2v) is 7.87. The van der Waals surface area contributed by atoms with Crippen LogP contribution in [-0.4, -0.2) is 21.6 Å². The Morgan fingerprint density at radius 3 is 2.63 bits per heavy atom. The highest BCUT2D eigenvalue weighted by atomic mass is 32.1. The minimum absolute atomic E-state index is 0.205. The van der Waals surface area contributed by atoms with Crippen LogP contribution in [0.2, 0.25) is 0 Å². The van der Waals surface area contributed by atoms with Gasteiger partial charge in [0.05, 0.1) is 17.8 Å². The van der Waals surface area contributed by atoms with E-state index < -0.39 is 12.0 Å². The maximum Gasteiger partial charge on any atom is 0.329 e. The third-order valence-corrected chi connectivity index (χ3v) is 5.42. The third kappa shape index (κ3) is 3.67. The summed E-state index contributed by atoms with van der Waals surface area (Å²) >= 11 is 1.44. The molecule has 27 heavy (non-hydrogen) atoms. The molecule has 2 aromatic heterocycles. The number of fused-ring (bicyclic) bond motifs is 1. The number of hydrogen-bond acceptors (Lipinski definition) is 5. The second-order valence-electron chi connectivity index (χ2n) is 7.01. The number of ether oxygens (including phenoxy) is 1. The summed E-state index contributed by atoms with van der Waals surface area (Å²) in [6.45, 7) is 9.54. The summed E-state index contributed by atoms with van der Waals surface area (Å²) in [5.74, 6) is -0.404. The van der Waals surface area contributed by atoms with Crippen LogP contribution in [0.25, 0.3) is 21.3 Å². The van der Waals surface area contributed by atoms with Crippen LogP contribution in [0, 0.1) is 13.8 Å². The summed E-state index contributed by atoms with van der Waals surface area (Å²) in [5.41, 5.74) is 3.96. The molecule has 0 saturated heterocycles. The Balaban J connectivity index is 2.17. The van der Waals surface area contributed by atoms with Crippen molar-refractivity contribution in [3.8, 4) is 11.1 Å². The van der Waals surface area contributed by atoms with Gasteiger partial charge in [-0.05, 0) is 45.2 Å². The molecule has 0 N–H and O–H groups in total. The number of hydrogen-bond donors (Lipinski definition) is 0. The van der Waals surface area contributed by atoms with Crippen molar-refractivity contribution in [2.45, 2.75) is 53.2 Å². The van der Waals surface area contributed by atoms with Crippen LogP contribution in [0.4, 0.5) is 0 Å². The van der Waals surface area contributed by atoms with Gasteiger partial charge in [0.1, 0.15) is 10.9 Å². The van der Waals surface area contributed by atoms with Gasteiger partial charge >= 0.3 is 5.97 Å². The number of carbonyl (C=O) groups is 1. The molecule has 0 amide bonds. The lowest BCUT2D eigenvalue weighted by Crippen LogP contribution is -2.32. The fraction of sp³-hybridized carbons (Fsp3) is 0.381. The van der Waals surface area contributed by atoms with Gasteiger partial charge in [0, 0.05) is 10.9 Å². The van der Waals surface area contributed by atoms with E-state index in [9.17, 15) is 9.59 Å². The summed E-state index contributed by atoms with van der Waals surface area (Å²) in [5, 5.41) is 2.53. The van der Waals surface area contributed by atoms with Crippen LogP contribution >= 0.6 is 11.3 Å². The predicted molar refractivity (Wildman–Crippen MR) is 109 cm³/mol. The van der Waals surface area contributed by atoms with E-state index in [0.717, 1.165) is 16.7 Å². The van der Waals surface area contributed by atoms with Gasteiger partial charge in [-0.2, -0.15) is 0 Å². The monoisotopic (exact) mass is 384 g/mol. The molecular formula is C21H24N2O3S. The molecule has 0 aliphatic rings. The van der Waals surface area contributed by atoms with E-state index in [1.54, 1.807) is 13.8 Å². The molecule has 0 radical (unpaired) electrons. The largest absolute Gasteiger partial charge is 0.461 e. The average Bonchev–Trinajstić information content (AvgIpc) is 3.01. The van der Waals surface area contributed by atoms with Gasteiger partial charge in [0.2, 0.25) is 0 Å². The van der Waals surface area contributed by atoms with Crippen LogP contribution < -0.4 is 5.56 Å². The summed E-state index contributed by atoms with van der Waals surface area (Å²) in [6, 6.07) is 5.49. The first-order valence-electron chi connectivity index (χ1n) is 9.10. The van der Waals surface area contributed by atoms with Crippen molar-refractivity contribution in [1.82, 2.24) is 9.55 Å². The number of rotatable bonds is 5. The molecule has 0 saturated carbocycles. The number of benzene rings is 1. The molecule has 142 valence electrons. The maximum absolute atomic E-state index is 13.3. The zero-order valence-electron chi connectivity index (χ0n) is 16.3. The standard InChI is InChI=1S/C21H24N2O3S/c1-6-17(21(25)26-12(2)3)23-11-22-19-18(20(23)24)16(10-27-19)15-8-7-13(4)9-14(15)5/h7-12,17H,6H2,1-5H3. The first-order chi connectivity index (χ1) is 12.8. The van der Waals surface area contributed by atoms with Crippen molar-refractivity contribution < 1.29 is 9.53 Å². The number of nitrogens with zero attached hydrogens (tertiary/aromatic N) is 2. The quantitative estimate of drug-likeness (QED) is 0.601. The van der Waals surface area contributed by atoms with E-state index >= 15 is 0 Å². The van der Waals surface area contributed by atoms with Gasteiger partial charge in [0.15, 0.2) is 0 Å². The molecule has 0 fully saturated rings. The molecule has 3 aromatic rings. The van der Waals surface area contributed by atoms with E-state index in [-0.39, 0.29) is 11.7 Å². The van der Waals surface area contributed by atoms with Crippen molar-refractivity contribution >= 4 is 27.5 Å². The van der Waals surface area contributed by atoms with E-state index in [0.29, 0.717) is 16.6 Å². The molecule has 0 spiro atoms. The highest BCUT2D eigenvalue weighted by Gasteiger charge is 2.24. The lowest BCUT2D eigenvalue weighted by Gasteiger charge is -2.18. The van der Waals surface area contributed by atoms with Crippen LogP contribution in [-0.2, 0) is 9.53 Å². The minimum Gasteiger partial charge on any atom is -0.461 e. The van der Waals surface area contributed by atoms with Crippen LogP contribution in [0.15, 0.2) is 34.7 Å². The number of thiophene rings is 1. The smallest absolute Gasteiger partial charge is 0.329 e. The van der Waals surface area contributed by atoms with Crippen LogP contribution in [0.5, 0.6) is 0 Å². The predicted octanol–water partition coefficient (Wildman–Crippen LogP) is 4.64. The fourth-order valence-electron chi connectivity index (χ4n) is 3.27. The number of esters is 1. The van der Waals surface area contributed by atoms with E-state index in [1.807, 2.05) is 38.3 Å². The van der Waals surface area contributed by atoms with Crippen LogP contribution in [0.1, 0.15) is 44.4 Å². The summed E-state index contributed by atoms with van der Waals surface area (Å²) < 4.78 is 6.74. The Hall–Kier alpha value is -2.47. The van der Waals surface area contributed by atoms with Crippen molar-refractivity contribution in [3.63, 3.8) is 0 Å².